The van der Waals surface area contributed by atoms with Gasteiger partial charge in [-0.05, 0) is 19.8 Å². The maximum absolute atomic E-state index is 11.5. The zero-order valence-corrected chi connectivity index (χ0v) is 11.5. The van der Waals surface area contributed by atoms with Crippen molar-refractivity contribution in [1.82, 2.24) is 0 Å². The van der Waals surface area contributed by atoms with Crippen LogP contribution in [-0.4, -0.2) is 45.9 Å². The zero-order chi connectivity index (χ0) is 12.8. The Bertz CT molecular complexity index is 384. The lowest BCUT2D eigenvalue weighted by Crippen LogP contribution is -2.25. The highest BCUT2D eigenvalue weighted by Crippen LogP contribution is 2.01. The molecule has 0 aliphatic carbocycles. The molecule has 2 N–H and O–H groups in total. The summed E-state index contributed by atoms with van der Waals surface area (Å²) in [6, 6.07) is -0.179. The third-order valence-electron chi connectivity index (χ3n) is 2.10. The number of hydrogen-bond acceptors (Lipinski definition) is 5. The zero-order valence-electron chi connectivity index (χ0n) is 9.85. The second-order valence-corrected chi connectivity index (χ2v) is 8.68. The summed E-state index contributed by atoms with van der Waals surface area (Å²) in [6.07, 6.45) is 0.887. The molecule has 0 heterocycles. The van der Waals surface area contributed by atoms with Gasteiger partial charge in [0.25, 0.3) is 0 Å². The van der Waals surface area contributed by atoms with Crippen LogP contribution >= 0.6 is 0 Å². The van der Waals surface area contributed by atoms with Crippen LogP contribution in [0.1, 0.15) is 26.7 Å². The highest BCUT2D eigenvalue weighted by Gasteiger charge is 2.17. The number of hydrogen-bond donors (Lipinski definition) is 1. The van der Waals surface area contributed by atoms with E-state index in [1.165, 1.54) is 0 Å². The minimum absolute atomic E-state index is 0.0354. The van der Waals surface area contributed by atoms with Crippen LogP contribution in [0.15, 0.2) is 0 Å². The summed E-state index contributed by atoms with van der Waals surface area (Å²) in [5, 5.41) is 0. The normalized spacial score (nSPS) is 14.9. The molecule has 1 atom stereocenters. The third kappa shape index (κ3) is 8.06. The second-order valence-electron chi connectivity index (χ2n) is 4.07. The first-order valence-corrected chi connectivity index (χ1v) is 8.99. The van der Waals surface area contributed by atoms with Gasteiger partial charge < -0.3 is 5.73 Å². The number of sulfone groups is 2. The highest BCUT2D eigenvalue weighted by molar-refractivity contribution is 7.95. The van der Waals surface area contributed by atoms with Gasteiger partial charge in [-0.1, -0.05) is 6.92 Å². The molecule has 0 aromatic rings. The molecule has 0 radical (unpaired) electrons. The van der Waals surface area contributed by atoms with Gasteiger partial charge in [0, 0.05) is 11.8 Å². The summed E-state index contributed by atoms with van der Waals surface area (Å²) in [5.74, 6) is -0.549. The molecule has 0 aliphatic rings. The van der Waals surface area contributed by atoms with Crippen LogP contribution in [0.2, 0.25) is 0 Å². The molecule has 0 spiro atoms. The summed E-state index contributed by atoms with van der Waals surface area (Å²) in [7, 11) is -6.50. The summed E-state index contributed by atoms with van der Waals surface area (Å²) in [5.41, 5.74) is 5.45. The number of rotatable bonds is 8. The quantitative estimate of drug-likeness (QED) is 0.668. The fraction of sp³-hybridized carbons (Fsp3) is 1.00. The van der Waals surface area contributed by atoms with E-state index in [9.17, 15) is 16.8 Å². The predicted molar refractivity (Wildman–Crippen MR) is 65.9 cm³/mol. The van der Waals surface area contributed by atoms with Crippen molar-refractivity contribution in [2.75, 3.05) is 23.0 Å². The first-order valence-electron chi connectivity index (χ1n) is 5.35. The van der Waals surface area contributed by atoms with Crippen molar-refractivity contribution in [3.05, 3.63) is 0 Å². The molecular weight excluding hydrogens is 250 g/mol. The largest absolute Gasteiger partial charge is 0.328 e. The summed E-state index contributed by atoms with van der Waals surface area (Å²) < 4.78 is 45.6. The van der Waals surface area contributed by atoms with E-state index in [-0.39, 0.29) is 29.1 Å². The minimum atomic E-state index is -3.29. The molecule has 7 heteroatoms. The average molecular weight is 271 g/mol. The van der Waals surface area contributed by atoms with Crippen LogP contribution in [0, 0.1) is 0 Å². The van der Waals surface area contributed by atoms with Gasteiger partial charge in [-0.15, -0.1) is 0 Å². The van der Waals surface area contributed by atoms with Gasteiger partial charge in [0.1, 0.15) is 0 Å². The Morgan fingerprint density at radius 2 is 1.38 bits per heavy atom. The van der Waals surface area contributed by atoms with Crippen molar-refractivity contribution >= 4 is 19.7 Å². The van der Waals surface area contributed by atoms with E-state index in [0.717, 1.165) is 0 Å². The molecule has 0 aromatic heterocycles. The monoisotopic (exact) mass is 271 g/mol. The lowest BCUT2D eigenvalue weighted by atomic mass is 10.3. The molecule has 16 heavy (non-hydrogen) atoms. The van der Waals surface area contributed by atoms with Crippen LogP contribution in [0.4, 0.5) is 0 Å². The molecule has 0 saturated heterocycles. The van der Waals surface area contributed by atoms with Crippen LogP contribution in [0.3, 0.4) is 0 Å². The Labute approximate surface area is 98.2 Å². The van der Waals surface area contributed by atoms with Crippen molar-refractivity contribution in [3.63, 3.8) is 0 Å². The number of nitrogens with two attached hydrogens (primary N) is 1. The van der Waals surface area contributed by atoms with E-state index in [2.05, 4.69) is 0 Å². The molecule has 1 unspecified atom stereocenters. The maximum Gasteiger partial charge on any atom is 0.151 e. The van der Waals surface area contributed by atoms with Gasteiger partial charge >= 0.3 is 0 Å². The lowest BCUT2D eigenvalue weighted by Gasteiger charge is -2.07. The Morgan fingerprint density at radius 1 is 0.938 bits per heavy atom. The molecular formula is C9H21NO4S2. The highest BCUT2D eigenvalue weighted by atomic mass is 32.2. The van der Waals surface area contributed by atoms with Crippen molar-refractivity contribution in [3.8, 4) is 0 Å². The van der Waals surface area contributed by atoms with Crippen LogP contribution in [0.5, 0.6) is 0 Å². The molecule has 98 valence electrons. The Balaban J connectivity index is 4.19. The Hall–Kier alpha value is -0.140. The average Bonchev–Trinajstić information content (AvgIpc) is 2.13. The first-order chi connectivity index (χ1) is 7.18. The molecule has 0 aliphatic heterocycles. The minimum Gasteiger partial charge on any atom is -0.328 e. The van der Waals surface area contributed by atoms with E-state index in [0.29, 0.717) is 12.8 Å². The van der Waals surface area contributed by atoms with E-state index in [1.807, 2.05) is 0 Å². The molecule has 0 saturated carbocycles. The molecule has 0 aromatic carbocycles. The molecule has 0 amide bonds. The van der Waals surface area contributed by atoms with Crippen LogP contribution < -0.4 is 5.73 Å². The third-order valence-corrected chi connectivity index (χ3v) is 5.90. The van der Waals surface area contributed by atoms with Crippen molar-refractivity contribution in [1.29, 1.82) is 0 Å². The topological polar surface area (TPSA) is 94.3 Å². The molecule has 0 rings (SSSR count). The SMILES string of the molecule is CCCS(=O)(=O)CCS(=O)(=O)CCC(C)N. The second kappa shape index (κ2) is 6.56. The first kappa shape index (κ1) is 15.9. The van der Waals surface area contributed by atoms with Crippen molar-refractivity contribution in [2.24, 2.45) is 5.73 Å². The van der Waals surface area contributed by atoms with Gasteiger partial charge in [-0.3, -0.25) is 0 Å². The van der Waals surface area contributed by atoms with E-state index in [4.69, 9.17) is 5.73 Å². The van der Waals surface area contributed by atoms with E-state index in [1.54, 1.807) is 13.8 Å². The Morgan fingerprint density at radius 3 is 1.75 bits per heavy atom. The smallest absolute Gasteiger partial charge is 0.151 e. The fourth-order valence-electron chi connectivity index (χ4n) is 1.13. The van der Waals surface area contributed by atoms with Crippen molar-refractivity contribution in [2.45, 2.75) is 32.7 Å². The summed E-state index contributed by atoms with van der Waals surface area (Å²) in [4.78, 5) is 0. The lowest BCUT2D eigenvalue weighted by molar-refractivity contribution is 0.582. The van der Waals surface area contributed by atoms with Gasteiger partial charge in [-0.25, -0.2) is 16.8 Å². The van der Waals surface area contributed by atoms with Gasteiger partial charge in [0.15, 0.2) is 19.7 Å². The van der Waals surface area contributed by atoms with Gasteiger partial charge in [0.05, 0.1) is 17.3 Å². The van der Waals surface area contributed by atoms with E-state index < -0.39 is 19.7 Å². The maximum atomic E-state index is 11.5. The fourth-order valence-corrected chi connectivity index (χ4v) is 4.93. The van der Waals surface area contributed by atoms with Crippen LogP contribution in [-0.2, 0) is 19.7 Å². The molecule has 0 fully saturated rings. The van der Waals surface area contributed by atoms with Gasteiger partial charge in [-0.2, -0.15) is 0 Å². The Kier molecular flexibility index (Phi) is 6.50. The van der Waals surface area contributed by atoms with E-state index >= 15 is 0 Å². The molecule has 0 bridgehead atoms. The molecule has 5 nitrogen and oxygen atoms in total. The van der Waals surface area contributed by atoms with Crippen molar-refractivity contribution < 1.29 is 16.8 Å². The van der Waals surface area contributed by atoms with Crippen LogP contribution in [0.25, 0.3) is 0 Å². The summed E-state index contributed by atoms with van der Waals surface area (Å²) in [6.45, 7) is 3.48. The van der Waals surface area contributed by atoms with Gasteiger partial charge in [0.2, 0.25) is 0 Å². The standard InChI is InChI=1S/C9H21NO4S2/c1-3-5-15(11,12)7-8-16(13,14)6-4-9(2)10/h9H,3-8,10H2,1-2H3. The predicted octanol–water partition coefficient (Wildman–Crippen LogP) is -0.0367. The summed E-state index contributed by atoms with van der Waals surface area (Å²) >= 11 is 0.